The molecule has 2 aliphatic heterocycles. The number of fused-ring (bicyclic) bond motifs is 4. The van der Waals surface area contributed by atoms with E-state index in [0.29, 0.717) is 12.6 Å². The molecule has 0 aliphatic carbocycles. The number of carbonyl (C=O) groups excluding carboxylic acids is 2. The van der Waals surface area contributed by atoms with Gasteiger partial charge in [0.15, 0.2) is 23.1 Å². The highest BCUT2D eigenvalue weighted by Gasteiger charge is 2.38. The number of halogens is 3. The van der Waals surface area contributed by atoms with Crippen LogP contribution >= 0.6 is 11.6 Å². The van der Waals surface area contributed by atoms with Crippen LogP contribution in [0.3, 0.4) is 0 Å². The van der Waals surface area contributed by atoms with Crippen LogP contribution in [0.1, 0.15) is 52.3 Å². The van der Waals surface area contributed by atoms with Gasteiger partial charge in [-0.25, -0.2) is 8.78 Å². The average Bonchev–Trinajstić information content (AvgIpc) is 2.86. The molecule has 11 nitrogen and oxygen atoms in total. The smallest absolute Gasteiger partial charge is 0.274 e. The summed E-state index contributed by atoms with van der Waals surface area (Å²) in [6.45, 7) is 1.72. The summed E-state index contributed by atoms with van der Waals surface area (Å²) in [7, 11) is 1.40. The van der Waals surface area contributed by atoms with Crippen LogP contribution in [0.4, 0.5) is 8.78 Å². The van der Waals surface area contributed by atoms with Crippen molar-refractivity contribution < 1.29 is 33.1 Å². The molecule has 2 N–H and O–H groups in total. The van der Waals surface area contributed by atoms with Crippen molar-refractivity contribution >= 4 is 29.3 Å². The molecule has 2 aromatic rings. The molecule has 0 saturated carbocycles. The lowest BCUT2D eigenvalue weighted by molar-refractivity contribution is 0.0479. The Hall–Kier alpha value is -3.74. The van der Waals surface area contributed by atoms with Gasteiger partial charge in [0.05, 0.1) is 31.6 Å². The zero-order valence-electron chi connectivity index (χ0n) is 19.3. The van der Waals surface area contributed by atoms with Gasteiger partial charge in [0.2, 0.25) is 11.3 Å². The van der Waals surface area contributed by atoms with E-state index in [-0.39, 0.29) is 42.9 Å². The standard InChI is InChI=1S/C22H22ClF2N5O6/c1-10-3-4-36-28-15(35-2)5-11-8-29(10)22(34)18-20(32)19(31)12(9-30(11)18)21(33)27-7-14-17(25)16(23)13(24)6-26-14/h6,9-11,32H,3-5,7-8H2,1-2H3,(H,27,33)/b28-15+/t10-,11-/m0/s1. The summed E-state index contributed by atoms with van der Waals surface area (Å²) in [6, 6.07) is -0.843. The summed E-state index contributed by atoms with van der Waals surface area (Å²) in [4.78, 5) is 49.3. The summed E-state index contributed by atoms with van der Waals surface area (Å²) in [5, 5.41) is 16.2. The fourth-order valence-electron chi connectivity index (χ4n) is 4.08. The first-order valence-electron chi connectivity index (χ1n) is 10.9. The van der Waals surface area contributed by atoms with Gasteiger partial charge in [-0.3, -0.25) is 19.4 Å². The molecule has 36 heavy (non-hydrogen) atoms. The minimum Gasteiger partial charge on any atom is -0.503 e. The molecule has 4 rings (SSSR count). The molecule has 14 heteroatoms. The number of carbonyl (C=O) groups is 2. The number of amides is 2. The van der Waals surface area contributed by atoms with Crippen molar-refractivity contribution in [3.8, 4) is 5.75 Å². The summed E-state index contributed by atoms with van der Waals surface area (Å²) in [6.07, 6.45) is 2.43. The van der Waals surface area contributed by atoms with Gasteiger partial charge in [-0.05, 0) is 6.92 Å². The van der Waals surface area contributed by atoms with E-state index in [1.165, 1.54) is 16.6 Å². The maximum Gasteiger partial charge on any atom is 0.274 e. The SMILES string of the molecule is CO/C1=N/OCC[C@H](C)N2C[C@H](C1)n1cc(C(=O)NCc3ncc(F)c(Cl)c3F)c(=O)c(O)c1C2=O. The molecule has 2 atom stereocenters. The Morgan fingerprint density at radius 3 is 2.86 bits per heavy atom. The molecule has 2 aromatic heterocycles. The van der Waals surface area contributed by atoms with Crippen molar-refractivity contribution in [2.75, 3.05) is 20.3 Å². The number of rotatable bonds is 3. The third-order valence-electron chi connectivity index (χ3n) is 6.10. The Bertz CT molecular complexity index is 1320. The maximum atomic E-state index is 14.1. The second-order valence-corrected chi connectivity index (χ2v) is 8.69. The van der Waals surface area contributed by atoms with Crippen molar-refractivity contribution in [1.82, 2.24) is 19.8 Å². The Morgan fingerprint density at radius 2 is 2.14 bits per heavy atom. The zero-order chi connectivity index (χ0) is 26.1. The van der Waals surface area contributed by atoms with Gasteiger partial charge < -0.3 is 29.5 Å². The Balaban J connectivity index is 1.71. The van der Waals surface area contributed by atoms with Gasteiger partial charge in [-0.15, -0.1) is 0 Å². The van der Waals surface area contributed by atoms with Crippen LogP contribution < -0.4 is 10.7 Å². The van der Waals surface area contributed by atoms with Crippen LogP contribution in [0.2, 0.25) is 5.02 Å². The van der Waals surface area contributed by atoms with Crippen molar-refractivity contribution in [3.63, 3.8) is 0 Å². The summed E-state index contributed by atoms with van der Waals surface area (Å²) in [5.74, 6) is -4.45. The number of nitrogens with one attached hydrogen (secondary N) is 1. The Morgan fingerprint density at radius 1 is 1.39 bits per heavy atom. The lowest BCUT2D eigenvalue weighted by Gasteiger charge is -2.39. The molecular formula is C22H22ClF2N5O6. The number of methoxy groups -OCH3 is 1. The molecule has 2 aliphatic rings. The van der Waals surface area contributed by atoms with E-state index in [1.807, 2.05) is 6.92 Å². The molecule has 0 spiro atoms. The number of oxime groups is 1. The maximum absolute atomic E-state index is 14.1. The van der Waals surface area contributed by atoms with Gasteiger partial charge in [0.25, 0.3) is 11.8 Å². The first-order valence-corrected chi connectivity index (χ1v) is 11.3. The van der Waals surface area contributed by atoms with Crippen molar-refractivity contribution in [1.29, 1.82) is 0 Å². The molecule has 0 fully saturated rings. The third kappa shape index (κ3) is 4.57. The van der Waals surface area contributed by atoms with E-state index in [2.05, 4.69) is 15.5 Å². The molecule has 4 heterocycles. The van der Waals surface area contributed by atoms with Gasteiger partial charge in [0.1, 0.15) is 17.2 Å². The average molecular weight is 526 g/mol. The monoisotopic (exact) mass is 525 g/mol. The second-order valence-electron chi connectivity index (χ2n) is 8.32. The summed E-state index contributed by atoms with van der Waals surface area (Å²) in [5.41, 5.74) is -2.20. The zero-order valence-corrected chi connectivity index (χ0v) is 20.0. The number of pyridine rings is 2. The molecule has 2 amide bonds. The van der Waals surface area contributed by atoms with Crippen LogP contribution in [0, 0.1) is 11.6 Å². The second kappa shape index (κ2) is 10.1. The van der Waals surface area contributed by atoms with Gasteiger partial charge in [-0.2, -0.15) is 0 Å². The number of ether oxygens (including phenoxy) is 1. The minimum absolute atomic E-state index is 0.132. The van der Waals surface area contributed by atoms with Crippen molar-refractivity contribution in [3.05, 3.63) is 56.2 Å². The number of nitrogens with zero attached hydrogens (tertiary/aromatic N) is 4. The van der Waals surface area contributed by atoms with Crippen molar-refractivity contribution in [2.45, 2.75) is 38.4 Å². The number of aromatic nitrogens is 2. The summed E-state index contributed by atoms with van der Waals surface area (Å²) >= 11 is 5.53. The van der Waals surface area contributed by atoms with E-state index >= 15 is 0 Å². The van der Waals surface area contributed by atoms with Crippen LogP contribution in [0.25, 0.3) is 0 Å². The number of hydrogen-bond acceptors (Lipinski definition) is 8. The minimum atomic E-state index is -1.16. The first kappa shape index (κ1) is 25.4. The van der Waals surface area contributed by atoms with Crippen LogP contribution in [-0.2, 0) is 16.1 Å². The molecule has 192 valence electrons. The normalized spacial score (nSPS) is 21.1. The molecule has 0 radical (unpaired) electrons. The largest absolute Gasteiger partial charge is 0.503 e. The number of hydrogen-bond donors (Lipinski definition) is 2. The lowest BCUT2D eigenvalue weighted by atomic mass is 10.0. The molecule has 2 bridgehead atoms. The highest BCUT2D eigenvalue weighted by molar-refractivity contribution is 6.30. The Kier molecular flexibility index (Phi) is 7.11. The van der Waals surface area contributed by atoms with Crippen LogP contribution in [-0.4, -0.2) is 63.6 Å². The predicted octanol–water partition coefficient (Wildman–Crippen LogP) is 1.97. The van der Waals surface area contributed by atoms with Crippen molar-refractivity contribution in [2.24, 2.45) is 5.16 Å². The summed E-state index contributed by atoms with van der Waals surface area (Å²) < 4.78 is 34.1. The molecular weight excluding hydrogens is 504 g/mol. The topological polar surface area (TPSA) is 135 Å². The first-order chi connectivity index (χ1) is 17.1. The molecule has 0 unspecified atom stereocenters. The van der Waals surface area contributed by atoms with Gasteiger partial charge in [0, 0.05) is 31.6 Å². The van der Waals surface area contributed by atoms with E-state index < -0.39 is 57.8 Å². The predicted molar refractivity (Wildman–Crippen MR) is 122 cm³/mol. The highest BCUT2D eigenvalue weighted by atomic mass is 35.5. The molecule has 0 aromatic carbocycles. The fourth-order valence-corrected chi connectivity index (χ4v) is 4.23. The van der Waals surface area contributed by atoms with E-state index in [0.717, 1.165) is 6.20 Å². The van der Waals surface area contributed by atoms with Gasteiger partial charge >= 0.3 is 0 Å². The van der Waals surface area contributed by atoms with E-state index in [1.54, 1.807) is 0 Å². The van der Waals surface area contributed by atoms with Gasteiger partial charge in [-0.1, -0.05) is 16.8 Å². The van der Waals surface area contributed by atoms with Crippen LogP contribution in [0.15, 0.2) is 22.3 Å². The highest BCUT2D eigenvalue weighted by Crippen LogP contribution is 2.31. The quantitative estimate of drug-likeness (QED) is 0.625. The van der Waals surface area contributed by atoms with Crippen LogP contribution in [0.5, 0.6) is 5.75 Å². The number of aromatic hydroxyl groups is 1. The third-order valence-corrected chi connectivity index (χ3v) is 6.44. The lowest BCUT2D eigenvalue weighted by Crippen LogP contribution is -2.49. The van der Waals surface area contributed by atoms with E-state index in [9.17, 15) is 28.3 Å². The Labute approximate surface area is 208 Å². The molecule has 0 saturated heterocycles. The van der Waals surface area contributed by atoms with E-state index in [4.69, 9.17) is 21.2 Å². The fraction of sp³-hybridized carbons (Fsp3) is 0.409.